The second-order valence-corrected chi connectivity index (χ2v) is 4.81. The van der Waals surface area contributed by atoms with Crippen LogP contribution in [0.15, 0.2) is 36.4 Å². The van der Waals surface area contributed by atoms with Gasteiger partial charge in [0.15, 0.2) is 5.78 Å². The lowest BCUT2D eigenvalue weighted by Crippen LogP contribution is -2.23. The molecule has 110 valence electrons. The van der Waals surface area contributed by atoms with Gasteiger partial charge < -0.3 is 9.47 Å². The lowest BCUT2D eigenvalue weighted by molar-refractivity contribution is -0.131. The van der Waals surface area contributed by atoms with Crippen molar-refractivity contribution in [3.8, 4) is 11.5 Å². The van der Waals surface area contributed by atoms with Crippen LogP contribution >= 0.6 is 0 Å². The second-order valence-electron chi connectivity index (χ2n) is 4.81. The van der Waals surface area contributed by atoms with Gasteiger partial charge in [-0.1, -0.05) is 24.3 Å². The van der Waals surface area contributed by atoms with Gasteiger partial charge in [-0.2, -0.15) is 0 Å². The highest BCUT2D eigenvalue weighted by Crippen LogP contribution is 2.37. The van der Waals surface area contributed by atoms with Crippen molar-refractivity contribution in [2.75, 3.05) is 7.11 Å². The average Bonchev–Trinajstić information content (AvgIpc) is 2.51. The molecule has 0 amide bonds. The highest BCUT2D eigenvalue weighted by molar-refractivity contribution is 6.30. The quantitative estimate of drug-likeness (QED) is 0.536. The van der Waals surface area contributed by atoms with Crippen LogP contribution in [-0.4, -0.2) is 24.6 Å². The summed E-state index contributed by atoms with van der Waals surface area (Å²) in [7, 11) is 1.43. The Morgan fingerprint density at radius 2 is 1.41 bits per heavy atom. The Balaban J connectivity index is 2.28. The molecule has 0 saturated heterocycles. The maximum atomic E-state index is 12.8. The van der Waals surface area contributed by atoms with E-state index in [1.54, 1.807) is 30.3 Å². The number of fused-ring (bicyclic) bond motifs is 2. The fourth-order valence-corrected chi connectivity index (χ4v) is 2.59. The summed E-state index contributed by atoms with van der Waals surface area (Å²) in [5, 5.41) is 0. The number of hydrogen-bond acceptors (Lipinski definition) is 5. The van der Waals surface area contributed by atoms with Crippen LogP contribution in [0.1, 0.15) is 38.8 Å². The van der Waals surface area contributed by atoms with E-state index in [-0.39, 0.29) is 39.6 Å². The Labute approximate surface area is 126 Å². The van der Waals surface area contributed by atoms with Gasteiger partial charge in [0.2, 0.25) is 5.78 Å². The van der Waals surface area contributed by atoms with Crippen LogP contribution in [0.3, 0.4) is 0 Å². The summed E-state index contributed by atoms with van der Waals surface area (Å²) >= 11 is 0. The number of esters is 1. The molecule has 1 aliphatic carbocycles. The Morgan fingerprint density at radius 3 is 1.95 bits per heavy atom. The standard InChI is InChI=1S/C17H12O5/c1-9(18)22-13-8-4-6-11-15(13)17(20)14-10(16(11)19)5-3-7-12(14)21-2/h3-8H,1-2H3. The number of carbonyl (C=O) groups excluding carboxylic acids is 3. The van der Waals surface area contributed by atoms with Crippen LogP contribution in [0.25, 0.3) is 0 Å². The van der Waals surface area contributed by atoms with E-state index < -0.39 is 5.97 Å². The Hall–Kier alpha value is -2.95. The zero-order chi connectivity index (χ0) is 15.9. The maximum Gasteiger partial charge on any atom is 0.308 e. The molecule has 0 N–H and O–H groups in total. The first-order valence-corrected chi connectivity index (χ1v) is 6.62. The molecule has 5 nitrogen and oxygen atoms in total. The van der Waals surface area contributed by atoms with E-state index in [4.69, 9.17) is 9.47 Å². The van der Waals surface area contributed by atoms with E-state index in [1.165, 1.54) is 20.1 Å². The molecule has 3 rings (SSSR count). The summed E-state index contributed by atoms with van der Waals surface area (Å²) in [6, 6.07) is 9.47. The molecule has 0 aliphatic heterocycles. The van der Waals surface area contributed by atoms with Crippen molar-refractivity contribution >= 4 is 17.5 Å². The molecule has 0 saturated carbocycles. The van der Waals surface area contributed by atoms with Gasteiger partial charge in [-0.25, -0.2) is 0 Å². The summed E-state index contributed by atoms with van der Waals surface area (Å²) in [5.74, 6) is -0.838. The number of methoxy groups -OCH3 is 1. The first-order valence-electron chi connectivity index (χ1n) is 6.62. The molecular weight excluding hydrogens is 284 g/mol. The number of benzene rings is 2. The largest absolute Gasteiger partial charge is 0.496 e. The summed E-state index contributed by atoms with van der Waals surface area (Å²) in [6.07, 6.45) is 0. The van der Waals surface area contributed by atoms with Gasteiger partial charge >= 0.3 is 5.97 Å². The highest BCUT2D eigenvalue weighted by atomic mass is 16.5. The molecule has 0 radical (unpaired) electrons. The first-order chi connectivity index (χ1) is 10.5. The Kier molecular flexibility index (Phi) is 3.25. The molecule has 0 spiro atoms. The third kappa shape index (κ3) is 1.98. The normalized spacial score (nSPS) is 12.5. The van der Waals surface area contributed by atoms with Crippen molar-refractivity contribution in [1.29, 1.82) is 0 Å². The van der Waals surface area contributed by atoms with Crippen molar-refractivity contribution in [2.24, 2.45) is 0 Å². The lowest BCUT2D eigenvalue weighted by atomic mass is 9.83. The zero-order valence-electron chi connectivity index (χ0n) is 12.0. The maximum absolute atomic E-state index is 12.8. The van der Waals surface area contributed by atoms with Crippen LogP contribution in [0.2, 0.25) is 0 Å². The summed E-state index contributed by atoms with van der Waals surface area (Å²) in [4.78, 5) is 36.6. The van der Waals surface area contributed by atoms with Crippen LogP contribution in [0.5, 0.6) is 11.5 Å². The van der Waals surface area contributed by atoms with E-state index in [0.29, 0.717) is 5.75 Å². The predicted molar refractivity (Wildman–Crippen MR) is 77.6 cm³/mol. The number of carbonyl (C=O) groups is 3. The molecule has 5 heteroatoms. The van der Waals surface area contributed by atoms with Gasteiger partial charge in [0.25, 0.3) is 0 Å². The molecule has 22 heavy (non-hydrogen) atoms. The minimum Gasteiger partial charge on any atom is -0.496 e. The number of rotatable bonds is 2. The molecule has 0 aromatic heterocycles. The monoisotopic (exact) mass is 296 g/mol. The second kappa shape index (κ2) is 5.11. The molecule has 0 unspecified atom stereocenters. The van der Waals surface area contributed by atoms with Gasteiger partial charge in [0.1, 0.15) is 11.5 Å². The molecule has 0 atom stereocenters. The smallest absolute Gasteiger partial charge is 0.308 e. The van der Waals surface area contributed by atoms with E-state index in [2.05, 4.69) is 0 Å². The molecular formula is C17H12O5. The van der Waals surface area contributed by atoms with Crippen LogP contribution in [-0.2, 0) is 4.79 Å². The number of ketones is 2. The van der Waals surface area contributed by atoms with Crippen molar-refractivity contribution in [3.63, 3.8) is 0 Å². The van der Waals surface area contributed by atoms with E-state index >= 15 is 0 Å². The van der Waals surface area contributed by atoms with Crippen molar-refractivity contribution in [2.45, 2.75) is 6.92 Å². The molecule has 2 aromatic rings. The summed E-state index contributed by atoms with van der Waals surface area (Å²) in [5.41, 5.74) is 0.808. The van der Waals surface area contributed by atoms with Crippen molar-refractivity contribution in [3.05, 3.63) is 58.7 Å². The average molecular weight is 296 g/mol. The number of hydrogen-bond donors (Lipinski definition) is 0. The first kappa shape index (κ1) is 14.0. The zero-order valence-corrected chi connectivity index (χ0v) is 12.0. The van der Waals surface area contributed by atoms with Gasteiger partial charge in [0.05, 0.1) is 18.2 Å². The predicted octanol–water partition coefficient (Wildman–Crippen LogP) is 2.40. The van der Waals surface area contributed by atoms with Crippen molar-refractivity contribution < 1.29 is 23.9 Å². The molecule has 0 heterocycles. The third-order valence-corrected chi connectivity index (χ3v) is 3.47. The third-order valence-electron chi connectivity index (χ3n) is 3.47. The van der Waals surface area contributed by atoms with Gasteiger partial charge in [0, 0.05) is 18.1 Å². The van der Waals surface area contributed by atoms with E-state index in [9.17, 15) is 14.4 Å². The van der Waals surface area contributed by atoms with Crippen molar-refractivity contribution in [1.82, 2.24) is 0 Å². The van der Waals surface area contributed by atoms with E-state index in [0.717, 1.165) is 0 Å². The van der Waals surface area contributed by atoms with Crippen LogP contribution in [0.4, 0.5) is 0 Å². The molecule has 2 aromatic carbocycles. The highest BCUT2D eigenvalue weighted by Gasteiger charge is 2.34. The number of ether oxygens (including phenoxy) is 2. The summed E-state index contributed by atoms with van der Waals surface area (Å²) in [6.45, 7) is 1.24. The van der Waals surface area contributed by atoms with Crippen LogP contribution < -0.4 is 9.47 Å². The fraction of sp³-hybridized carbons (Fsp3) is 0.118. The minimum absolute atomic E-state index is 0.0832. The van der Waals surface area contributed by atoms with Gasteiger partial charge in [-0.3, -0.25) is 14.4 Å². The lowest BCUT2D eigenvalue weighted by Gasteiger charge is -2.21. The fourth-order valence-electron chi connectivity index (χ4n) is 2.59. The van der Waals surface area contributed by atoms with Gasteiger partial charge in [-0.15, -0.1) is 0 Å². The van der Waals surface area contributed by atoms with Gasteiger partial charge in [-0.05, 0) is 12.1 Å². The van der Waals surface area contributed by atoms with E-state index in [1.807, 2.05) is 0 Å². The SMILES string of the molecule is COc1cccc2c1C(=O)c1c(OC(C)=O)cccc1C2=O. The summed E-state index contributed by atoms with van der Waals surface area (Å²) < 4.78 is 10.3. The topological polar surface area (TPSA) is 69.7 Å². The molecule has 0 bridgehead atoms. The Bertz CT molecular complexity index is 820. The molecule has 1 aliphatic rings. The molecule has 0 fully saturated rings. The minimum atomic E-state index is -0.556. The Morgan fingerprint density at radius 1 is 0.864 bits per heavy atom. The van der Waals surface area contributed by atoms with Crippen LogP contribution in [0, 0.1) is 0 Å².